The SMILES string of the molecule is CCC(C)C(NC(=O)C(N)Cc1ccc(O)cc1)C(=O)NC(CCCCN)C(=O)NC(CCSC)C(=O)O. The van der Waals surface area contributed by atoms with Gasteiger partial charge in [-0.25, -0.2) is 4.79 Å². The van der Waals surface area contributed by atoms with Crippen LogP contribution in [-0.2, 0) is 25.6 Å². The molecule has 38 heavy (non-hydrogen) atoms. The van der Waals surface area contributed by atoms with Crippen LogP contribution < -0.4 is 27.4 Å². The van der Waals surface area contributed by atoms with Gasteiger partial charge in [0, 0.05) is 0 Å². The van der Waals surface area contributed by atoms with Crippen molar-refractivity contribution in [2.45, 2.75) is 76.5 Å². The van der Waals surface area contributed by atoms with Gasteiger partial charge in [-0.3, -0.25) is 14.4 Å². The Hall–Kier alpha value is -2.83. The van der Waals surface area contributed by atoms with Crippen molar-refractivity contribution in [1.29, 1.82) is 0 Å². The number of carboxylic acids is 1. The van der Waals surface area contributed by atoms with Crippen LogP contribution in [0.5, 0.6) is 5.75 Å². The Morgan fingerprint density at radius 2 is 1.58 bits per heavy atom. The highest BCUT2D eigenvalue weighted by atomic mass is 32.2. The molecule has 0 bridgehead atoms. The largest absolute Gasteiger partial charge is 0.508 e. The molecular weight excluding hydrogens is 510 g/mol. The molecule has 1 rings (SSSR count). The van der Waals surface area contributed by atoms with Gasteiger partial charge in [-0.15, -0.1) is 0 Å². The second-order valence-corrected chi connectivity index (χ2v) is 10.4. The fourth-order valence-electron chi connectivity index (χ4n) is 3.73. The molecule has 5 atom stereocenters. The number of hydrogen-bond acceptors (Lipinski definition) is 8. The molecule has 0 spiro atoms. The zero-order valence-electron chi connectivity index (χ0n) is 22.4. The quantitative estimate of drug-likeness (QED) is 0.128. The van der Waals surface area contributed by atoms with Gasteiger partial charge in [-0.2, -0.15) is 11.8 Å². The lowest BCUT2D eigenvalue weighted by Gasteiger charge is -2.28. The Kier molecular flexibility index (Phi) is 15.4. The predicted octanol–water partition coefficient (Wildman–Crippen LogP) is 0.729. The summed E-state index contributed by atoms with van der Waals surface area (Å²) in [5.41, 5.74) is 12.4. The molecular formula is C26H43N5O6S. The molecule has 5 unspecified atom stereocenters. The zero-order chi connectivity index (χ0) is 28.7. The summed E-state index contributed by atoms with van der Waals surface area (Å²) in [7, 11) is 0. The van der Waals surface area contributed by atoms with E-state index in [1.807, 2.05) is 20.1 Å². The average molecular weight is 554 g/mol. The van der Waals surface area contributed by atoms with Crippen LogP contribution in [0, 0.1) is 5.92 Å². The normalized spacial score (nSPS) is 15.0. The number of aliphatic carboxylic acids is 1. The molecule has 9 N–H and O–H groups in total. The molecule has 0 aliphatic rings. The number of nitrogens with one attached hydrogen (secondary N) is 3. The van der Waals surface area contributed by atoms with Gasteiger partial charge in [0.25, 0.3) is 0 Å². The lowest BCUT2D eigenvalue weighted by atomic mass is 9.96. The number of unbranched alkanes of at least 4 members (excludes halogenated alkanes) is 1. The van der Waals surface area contributed by atoms with Crippen molar-refractivity contribution in [3.8, 4) is 5.75 Å². The molecule has 214 valence electrons. The number of amides is 3. The van der Waals surface area contributed by atoms with Crippen LogP contribution in [0.4, 0.5) is 0 Å². The smallest absolute Gasteiger partial charge is 0.326 e. The molecule has 0 saturated carbocycles. The van der Waals surface area contributed by atoms with Crippen LogP contribution in [0.25, 0.3) is 0 Å². The van der Waals surface area contributed by atoms with E-state index in [2.05, 4.69) is 16.0 Å². The summed E-state index contributed by atoms with van der Waals surface area (Å²) in [6.07, 6.45) is 4.32. The van der Waals surface area contributed by atoms with Gasteiger partial charge in [-0.1, -0.05) is 32.4 Å². The fourth-order valence-corrected chi connectivity index (χ4v) is 4.20. The lowest BCUT2D eigenvalue weighted by Crippen LogP contribution is -2.58. The molecule has 3 amide bonds. The van der Waals surface area contributed by atoms with Gasteiger partial charge in [0.15, 0.2) is 0 Å². The van der Waals surface area contributed by atoms with Crippen LogP contribution in [0.2, 0.25) is 0 Å². The van der Waals surface area contributed by atoms with E-state index in [-0.39, 0.29) is 30.9 Å². The number of carbonyl (C=O) groups excluding carboxylic acids is 3. The fraction of sp³-hybridized carbons (Fsp3) is 0.615. The van der Waals surface area contributed by atoms with Gasteiger partial charge in [-0.05, 0) is 74.3 Å². The average Bonchev–Trinajstić information content (AvgIpc) is 2.89. The highest BCUT2D eigenvalue weighted by Gasteiger charge is 2.32. The van der Waals surface area contributed by atoms with Crippen LogP contribution >= 0.6 is 11.8 Å². The molecule has 12 heteroatoms. The third-order valence-corrected chi connectivity index (χ3v) is 6.97. The van der Waals surface area contributed by atoms with Crippen LogP contribution in [0.1, 0.15) is 51.5 Å². The standard InChI is InChI=1S/C26H43N5O6S/c1-4-16(2)22(31-23(33)19(28)15-17-8-10-18(32)11-9-17)25(35)29-20(7-5-6-13-27)24(34)30-21(26(36)37)12-14-38-3/h8-11,16,19-22,32H,4-7,12-15,27-28H2,1-3H3,(H,29,35)(H,30,34)(H,31,33)(H,36,37). The number of phenolic OH excluding ortho intramolecular Hbond substituents is 1. The summed E-state index contributed by atoms with van der Waals surface area (Å²) in [6, 6.07) is 2.38. The Balaban J connectivity index is 2.97. The third-order valence-electron chi connectivity index (χ3n) is 6.33. The minimum Gasteiger partial charge on any atom is -0.508 e. The first-order valence-corrected chi connectivity index (χ1v) is 14.3. The van der Waals surface area contributed by atoms with Crippen LogP contribution in [0.3, 0.4) is 0 Å². The Morgan fingerprint density at radius 3 is 2.13 bits per heavy atom. The molecule has 0 fully saturated rings. The molecule has 0 aromatic heterocycles. The first-order valence-electron chi connectivity index (χ1n) is 12.9. The Labute approximate surface area is 228 Å². The predicted molar refractivity (Wildman–Crippen MR) is 149 cm³/mol. The zero-order valence-corrected chi connectivity index (χ0v) is 23.3. The van der Waals surface area contributed by atoms with E-state index in [1.54, 1.807) is 12.1 Å². The number of phenols is 1. The summed E-state index contributed by atoms with van der Waals surface area (Å²) in [5, 5.41) is 26.9. The van der Waals surface area contributed by atoms with Crippen molar-refractivity contribution < 1.29 is 29.4 Å². The number of aromatic hydroxyl groups is 1. The topological polar surface area (TPSA) is 197 Å². The van der Waals surface area contributed by atoms with E-state index in [4.69, 9.17) is 11.5 Å². The first kappa shape index (κ1) is 33.2. The van der Waals surface area contributed by atoms with Gasteiger partial charge in [0.1, 0.15) is 23.9 Å². The van der Waals surface area contributed by atoms with Crippen molar-refractivity contribution in [3.05, 3.63) is 29.8 Å². The third kappa shape index (κ3) is 11.7. The number of hydrogen-bond donors (Lipinski definition) is 7. The number of benzene rings is 1. The highest BCUT2D eigenvalue weighted by Crippen LogP contribution is 2.13. The second-order valence-electron chi connectivity index (χ2n) is 9.38. The lowest BCUT2D eigenvalue weighted by molar-refractivity contribution is -0.142. The minimum atomic E-state index is -1.15. The number of carbonyl (C=O) groups is 4. The molecule has 0 heterocycles. The van der Waals surface area contributed by atoms with Gasteiger partial charge in [0.2, 0.25) is 17.7 Å². The molecule has 1 aromatic carbocycles. The summed E-state index contributed by atoms with van der Waals surface area (Å²) in [5.74, 6) is -2.42. The van der Waals surface area contributed by atoms with E-state index in [0.29, 0.717) is 31.6 Å². The molecule has 1 aromatic rings. The van der Waals surface area contributed by atoms with E-state index < -0.39 is 47.9 Å². The van der Waals surface area contributed by atoms with Crippen LogP contribution in [-0.4, -0.2) is 76.6 Å². The monoisotopic (exact) mass is 553 g/mol. The van der Waals surface area contributed by atoms with Crippen molar-refractivity contribution in [2.24, 2.45) is 17.4 Å². The highest BCUT2D eigenvalue weighted by molar-refractivity contribution is 7.98. The molecule has 0 radical (unpaired) electrons. The Bertz CT molecular complexity index is 901. The van der Waals surface area contributed by atoms with Gasteiger partial charge in [0.05, 0.1) is 6.04 Å². The van der Waals surface area contributed by atoms with Gasteiger partial charge >= 0.3 is 5.97 Å². The minimum absolute atomic E-state index is 0.101. The second kappa shape index (κ2) is 17.6. The van der Waals surface area contributed by atoms with E-state index in [1.165, 1.54) is 23.9 Å². The number of rotatable bonds is 18. The maximum Gasteiger partial charge on any atom is 0.326 e. The van der Waals surface area contributed by atoms with E-state index in [9.17, 15) is 29.4 Å². The molecule has 0 saturated heterocycles. The number of carboxylic acid groups (broad SMARTS) is 1. The van der Waals surface area contributed by atoms with Crippen molar-refractivity contribution >= 4 is 35.5 Å². The summed E-state index contributed by atoms with van der Waals surface area (Å²) < 4.78 is 0. The van der Waals surface area contributed by atoms with E-state index >= 15 is 0 Å². The van der Waals surface area contributed by atoms with Crippen molar-refractivity contribution in [1.82, 2.24) is 16.0 Å². The maximum absolute atomic E-state index is 13.3. The van der Waals surface area contributed by atoms with Crippen LogP contribution in [0.15, 0.2) is 24.3 Å². The molecule has 0 aliphatic carbocycles. The number of nitrogens with two attached hydrogens (primary N) is 2. The van der Waals surface area contributed by atoms with Gasteiger partial charge < -0.3 is 37.6 Å². The van der Waals surface area contributed by atoms with Crippen molar-refractivity contribution in [2.75, 3.05) is 18.6 Å². The summed E-state index contributed by atoms with van der Waals surface area (Å²) in [4.78, 5) is 50.8. The summed E-state index contributed by atoms with van der Waals surface area (Å²) >= 11 is 1.47. The molecule has 11 nitrogen and oxygen atoms in total. The number of thioether (sulfide) groups is 1. The summed E-state index contributed by atoms with van der Waals surface area (Å²) in [6.45, 7) is 4.10. The van der Waals surface area contributed by atoms with E-state index in [0.717, 1.165) is 5.56 Å². The molecule has 0 aliphatic heterocycles. The first-order chi connectivity index (χ1) is 18.0. The Morgan fingerprint density at radius 1 is 0.947 bits per heavy atom. The maximum atomic E-state index is 13.3. The van der Waals surface area contributed by atoms with Crippen molar-refractivity contribution in [3.63, 3.8) is 0 Å².